The molecule has 0 aliphatic carbocycles. The van der Waals surface area contributed by atoms with Crippen molar-refractivity contribution < 1.29 is 39.3 Å². The topological polar surface area (TPSA) is 100 Å². The van der Waals surface area contributed by atoms with Gasteiger partial charge in [-0.2, -0.15) is 34.8 Å². The zero-order valence-corrected chi connectivity index (χ0v) is 18.4. The molecule has 8 nitrogen and oxygen atoms in total. The fourth-order valence-corrected chi connectivity index (χ4v) is 3.52. The van der Waals surface area contributed by atoms with Crippen molar-refractivity contribution in [2.45, 2.75) is 25.5 Å². The summed E-state index contributed by atoms with van der Waals surface area (Å²) in [4.78, 5) is 1.76. The lowest BCUT2D eigenvalue weighted by Gasteiger charge is -2.22. The Kier molecular flexibility index (Phi) is 6.78. The maximum absolute atomic E-state index is 12.9. The van der Waals surface area contributed by atoms with Crippen molar-refractivity contribution in [3.05, 3.63) is 42.0 Å². The predicted octanol–water partition coefficient (Wildman–Crippen LogP) is 6.37. The molecule has 2 aromatic carbocycles. The summed E-state index contributed by atoms with van der Waals surface area (Å²) in [6.07, 6.45) is -4.61. The highest BCUT2D eigenvalue weighted by atomic mass is 32.2. The molecule has 0 bridgehead atoms. The third kappa shape index (κ3) is 5.24. The van der Waals surface area contributed by atoms with E-state index in [0.29, 0.717) is 24.8 Å². The van der Waals surface area contributed by atoms with Crippen molar-refractivity contribution in [2.24, 2.45) is 10.2 Å². The molecule has 0 aliphatic rings. The Morgan fingerprint density at radius 1 is 1.00 bits per heavy atom. The number of azo groups is 1. The number of anilines is 2. The van der Waals surface area contributed by atoms with Gasteiger partial charge in [-0.15, -0.1) is 10.2 Å². The van der Waals surface area contributed by atoms with E-state index in [-0.39, 0.29) is 22.5 Å². The van der Waals surface area contributed by atoms with Gasteiger partial charge >= 0.3 is 21.7 Å². The molecule has 0 spiro atoms. The first-order valence-electron chi connectivity index (χ1n) is 9.63. The highest BCUT2D eigenvalue weighted by Gasteiger charge is 2.46. The highest BCUT2D eigenvalue weighted by Crippen LogP contribution is 2.37. The monoisotopic (exact) mass is 509 g/mol. The first-order valence-corrected chi connectivity index (χ1v) is 11.1. The molecule has 0 radical (unpaired) electrons. The lowest BCUT2D eigenvalue weighted by Crippen LogP contribution is -2.30. The van der Waals surface area contributed by atoms with Crippen molar-refractivity contribution in [3.63, 3.8) is 0 Å². The van der Waals surface area contributed by atoms with Crippen LogP contribution in [0.1, 0.15) is 19.4 Å². The van der Waals surface area contributed by atoms with Crippen LogP contribution in [0.2, 0.25) is 0 Å². The van der Waals surface area contributed by atoms with Crippen LogP contribution in [0.5, 0.6) is 0 Å². The van der Waals surface area contributed by atoms with Crippen molar-refractivity contribution >= 4 is 43.9 Å². The molecule has 0 atom stereocenters. The number of alkyl halides is 6. The molecule has 0 aliphatic heterocycles. The average molecular weight is 509 g/mol. The summed E-state index contributed by atoms with van der Waals surface area (Å²) in [7, 11) is -5.77. The molecule has 184 valence electrons. The van der Waals surface area contributed by atoms with Crippen molar-refractivity contribution in [3.8, 4) is 0 Å². The Morgan fingerprint density at radius 2 is 1.68 bits per heavy atom. The van der Waals surface area contributed by atoms with Gasteiger partial charge in [-0.05, 0) is 50.2 Å². The molecule has 1 N–H and O–H groups in total. The van der Waals surface area contributed by atoms with Crippen LogP contribution >= 0.6 is 0 Å². The third-order valence-electron chi connectivity index (χ3n) is 4.69. The summed E-state index contributed by atoms with van der Waals surface area (Å²) >= 11 is 0. The number of aromatic nitrogens is 1. The molecule has 0 amide bonds. The summed E-state index contributed by atoms with van der Waals surface area (Å²) in [5.74, 6) is -0.249. The number of fused-ring (bicyclic) bond motifs is 1. The number of sulfonamides is 1. The second-order valence-corrected chi connectivity index (χ2v) is 8.51. The van der Waals surface area contributed by atoms with Crippen LogP contribution in [0.25, 0.3) is 11.0 Å². The normalized spacial score (nSPS) is 13.1. The van der Waals surface area contributed by atoms with E-state index < -0.39 is 33.0 Å². The van der Waals surface area contributed by atoms with Crippen LogP contribution in [0, 0.1) is 0 Å². The lowest BCUT2D eigenvalue weighted by molar-refractivity contribution is -0.137. The summed E-state index contributed by atoms with van der Waals surface area (Å²) in [6.45, 7) is 4.59. The van der Waals surface area contributed by atoms with E-state index in [0.717, 1.165) is 12.1 Å². The third-order valence-corrected chi connectivity index (χ3v) is 5.79. The van der Waals surface area contributed by atoms with Gasteiger partial charge in [-0.1, -0.05) is 5.16 Å². The van der Waals surface area contributed by atoms with E-state index >= 15 is 0 Å². The van der Waals surface area contributed by atoms with E-state index in [9.17, 15) is 34.8 Å². The van der Waals surface area contributed by atoms with Crippen LogP contribution in [0.3, 0.4) is 0 Å². The van der Waals surface area contributed by atoms with E-state index in [1.165, 1.54) is 22.9 Å². The minimum atomic E-state index is -5.77. The molecule has 1 heterocycles. The fraction of sp³-hybridized carbons (Fsp3) is 0.316. The number of rotatable bonds is 7. The van der Waals surface area contributed by atoms with Crippen LogP contribution in [0.4, 0.5) is 49.2 Å². The summed E-state index contributed by atoms with van der Waals surface area (Å²) < 4.78 is 107. The minimum Gasteiger partial charge on any atom is -0.372 e. The minimum absolute atomic E-state index is 0.0638. The van der Waals surface area contributed by atoms with Gasteiger partial charge in [0.1, 0.15) is 5.69 Å². The van der Waals surface area contributed by atoms with Crippen LogP contribution < -0.4 is 9.62 Å². The smallest absolute Gasteiger partial charge is 0.372 e. The van der Waals surface area contributed by atoms with Gasteiger partial charge < -0.3 is 9.42 Å². The van der Waals surface area contributed by atoms with E-state index in [1.54, 1.807) is 18.7 Å². The van der Waals surface area contributed by atoms with Crippen molar-refractivity contribution in [2.75, 3.05) is 22.7 Å². The molecule has 1 aromatic heterocycles. The zero-order chi connectivity index (χ0) is 25.3. The Balaban J connectivity index is 2.03. The molecule has 34 heavy (non-hydrogen) atoms. The molecule has 3 rings (SSSR count). The number of nitrogens with one attached hydrogen (secondary N) is 1. The first-order chi connectivity index (χ1) is 15.8. The fourth-order valence-electron chi connectivity index (χ4n) is 2.95. The number of nitrogens with zero attached hydrogens (tertiary/aromatic N) is 4. The van der Waals surface area contributed by atoms with Gasteiger partial charge in [-0.25, -0.2) is 0 Å². The van der Waals surface area contributed by atoms with Gasteiger partial charge in [0.25, 0.3) is 0 Å². The number of hydrogen-bond acceptors (Lipinski definition) is 7. The molecule has 15 heteroatoms. The molecule has 0 fully saturated rings. The maximum Gasteiger partial charge on any atom is 0.516 e. The SMILES string of the molecule is CCN(CC)c1ccc(N=Nc2noc3cc(C(F)(F)F)ccc23)c(NS(=O)(=O)C(F)(F)F)c1. The lowest BCUT2D eigenvalue weighted by atomic mass is 10.1. The molecule has 3 aromatic rings. The summed E-state index contributed by atoms with van der Waals surface area (Å²) in [5, 5.41) is 11.1. The Labute approximate surface area is 189 Å². The molecular formula is C19H17F6N5O3S. The predicted molar refractivity (Wildman–Crippen MR) is 112 cm³/mol. The van der Waals surface area contributed by atoms with E-state index in [4.69, 9.17) is 4.52 Å². The highest BCUT2D eigenvalue weighted by molar-refractivity contribution is 7.93. The number of halogens is 6. The van der Waals surface area contributed by atoms with Gasteiger partial charge in [0.15, 0.2) is 5.58 Å². The van der Waals surface area contributed by atoms with E-state index in [1.807, 2.05) is 0 Å². The number of hydrogen-bond donors (Lipinski definition) is 1. The first kappa shape index (κ1) is 25.3. The molecular weight excluding hydrogens is 492 g/mol. The van der Waals surface area contributed by atoms with Crippen LogP contribution in [0.15, 0.2) is 51.1 Å². The Hall–Kier alpha value is -3.36. The largest absolute Gasteiger partial charge is 0.516 e. The standard InChI is InChI=1S/C19H17F6N5O3S/c1-3-30(4-2)12-6-8-14(15(10-12)29-34(31,32)19(23,24)25)26-27-17-13-7-5-11(18(20,21)22)9-16(13)33-28-17/h5-10,29H,3-4H2,1-2H3. The van der Waals surface area contributed by atoms with Crippen molar-refractivity contribution in [1.82, 2.24) is 5.16 Å². The Bertz CT molecular complexity index is 1310. The second kappa shape index (κ2) is 9.12. The zero-order valence-electron chi connectivity index (χ0n) is 17.6. The molecule has 0 saturated carbocycles. The average Bonchev–Trinajstić information content (AvgIpc) is 3.14. The maximum atomic E-state index is 12.9. The summed E-state index contributed by atoms with van der Waals surface area (Å²) in [6, 6.07) is 6.46. The van der Waals surface area contributed by atoms with Gasteiger partial charge in [0.2, 0.25) is 5.82 Å². The van der Waals surface area contributed by atoms with Gasteiger partial charge in [0, 0.05) is 18.8 Å². The van der Waals surface area contributed by atoms with E-state index in [2.05, 4.69) is 15.4 Å². The van der Waals surface area contributed by atoms with Gasteiger partial charge in [-0.3, -0.25) is 4.72 Å². The van der Waals surface area contributed by atoms with Crippen molar-refractivity contribution in [1.29, 1.82) is 0 Å². The van der Waals surface area contributed by atoms with Crippen LogP contribution in [-0.2, 0) is 16.2 Å². The quantitative estimate of drug-likeness (QED) is 0.295. The summed E-state index contributed by atoms with van der Waals surface area (Å²) in [5.41, 5.74) is -7.15. The second-order valence-electron chi connectivity index (χ2n) is 6.84. The molecule has 0 unspecified atom stereocenters. The van der Waals surface area contributed by atoms with Gasteiger partial charge in [0.05, 0.1) is 16.6 Å². The molecule has 0 saturated heterocycles. The van der Waals surface area contributed by atoms with Crippen LogP contribution in [-0.4, -0.2) is 32.2 Å². The Morgan fingerprint density at radius 3 is 2.26 bits per heavy atom. The number of benzene rings is 2.